The predicted octanol–water partition coefficient (Wildman–Crippen LogP) is 5.40. The van der Waals surface area contributed by atoms with Crippen LogP contribution in [-0.4, -0.2) is 22.3 Å². The van der Waals surface area contributed by atoms with Crippen molar-refractivity contribution in [2.45, 2.75) is 36.8 Å². The Morgan fingerprint density at radius 2 is 1.85 bits per heavy atom. The van der Waals surface area contributed by atoms with E-state index in [-0.39, 0.29) is 11.8 Å². The van der Waals surface area contributed by atoms with E-state index in [0.29, 0.717) is 18.4 Å². The molecule has 0 fully saturated rings. The van der Waals surface area contributed by atoms with Crippen LogP contribution in [0.4, 0.5) is 4.39 Å². The standard InChI is InChI=1S/C22H22FNO2S/c1-4-26-21(25)22(2,3)27-20-11-12-24-14-16(20)13-15-9-10-19(23)18-8-6-5-7-17(15)18/h5-12,14H,4,13H2,1-3H3. The summed E-state index contributed by atoms with van der Waals surface area (Å²) < 4.78 is 18.6. The van der Waals surface area contributed by atoms with Crippen molar-refractivity contribution in [3.63, 3.8) is 0 Å². The molecule has 3 nitrogen and oxygen atoms in total. The van der Waals surface area contributed by atoms with Crippen LogP contribution in [0.5, 0.6) is 0 Å². The van der Waals surface area contributed by atoms with E-state index in [1.807, 2.05) is 50.4 Å². The first-order valence-electron chi connectivity index (χ1n) is 8.87. The van der Waals surface area contributed by atoms with E-state index >= 15 is 0 Å². The maximum absolute atomic E-state index is 14.1. The lowest BCUT2D eigenvalue weighted by Crippen LogP contribution is -2.30. The minimum atomic E-state index is -0.711. The largest absolute Gasteiger partial charge is 0.465 e. The van der Waals surface area contributed by atoms with Crippen LogP contribution in [-0.2, 0) is 16.0 Å². The first-order chi connectivity index (χ1) is 12.9. The molecule has 0 bridgehead atoms. The number of rotatable bonds is 6. The third kappa shape index (κ3) is 4.30. The number of pyridine rings is 1. The van der Waals surface area contributed by atoms with Gasteiger partial charge in [0.1, 0.15) is 10.6 Å². The molecule has 27 heavy (non-hydrogen) atoms. The highest BCUT2D eigenvalue weighted by atomic mass is 32.2. The fourth-order valence-corrected chi connectivity index (χ4v) is 4.03. The van der Waals surface area contributed by atoms with Gasteiger partial charge in [-0.1, -0.05) is 30.3 Å². The summed E-state index contributed by atoms with van der Waals surface area (Å²) in [5, 5.41) is 1.50. The zero-order valence-corrected chi connectivity index (χ0v) is 16.5. The lowest BCUT2D eigenvalue weighted by molar-refractivity contribution is -0.145. The van der Waals surface area contributed by atoms with Gasteiger partial charge in [0, 0.05) is 29.1 Å². The molecular weight excluding hydrogens is 361 g/mol. The van der Waals surface area contributed by atoms with Crippen molar-refractivity contribution in [2.75, 3.05) is 6.61 Å². The molecule has 0 atom stereocenters. The number of halogens is 1. The SMILES string of the molecule is CCOC(=O)C(C)(C)Sc1ccncc1Cc1ccc(F)c2ccccc12. The average Bonchev–Trinajstić information content (AvgIpc) is 2.66. The van der Waals surface area contributed by atoms with Crippen molar-refractivity contribution >= 4 is 28.5 Å². The van der Waals surface area contributed by atoms with Crippen LogP contribution in [0.25, 0.3) is 10.8 Å². The number of nitrogens with zero attached hydrogens (tertiary/aromatic N) is 1. The number of esters is 1. The average molecular weight is 383 g/mol. The van der Waals surface area contributed by atoms with Crippen molar-refractivity contribution < 1.29 is 13.9 Å². The Hall–Kier alpha value is -2.40. The molecule has 0 saturated carbocycles. The summed E-state index contributed by atoms with van der Waals surface area (Å²) >= 11 is 1.46. The molecule has 0 saturated heterocycles. The maximum atomic E-state index is 14.1. The monoisotopic (exact) mass is 383 g/mol. The van der Waals surface area contributed by atoms with Crippen LogP contribution in [0.2, 0.25) is 0 Å². The van der Waals surface area contributed by atoms with Gasteiger partial charge in [-0.15, -0.1) is 11.8 Å². The van der Waals surface area contributed by atoms with Gasteiger partial charge in [-0.05, 0) is 49.4 Å². The topological polar surface area (TPSA) is 39.2 Å². The van der Waals surface area contributed by atoms with Gasteiger partial charge < -0.3 is 4.74 Å². The Balaban J connectivity index is 1.94. The number of fused-ring (bicyclic) bond motifs is 1. The third-order valence-corrected chi connectivity index (χ3v) is 5.63. The minimum absolute atomic E-state index is 0.224. The van der Waals surface area contributed by atoms with Crippen molar-refractivity contribution in [3.05, 3.63) is 71.8 Å². The van der Waals surface area contributed by atoms with Gasteiger partial charge in [0.05, 0.1) is 6.61 Å². The van der Waals surface area contributed by atoms with E-state index < -0.39 is 4.75 Å². The Morgan fingerprint density at radius 1 is 1.11 bits per heavy atom. The van der Waals surface area contributed by atoms with E-state index in [9.17, 15) is 9.18 Å². The Labute approximate surface area is 163 Å². The quantitative estimate of drug-likeness (QED) is 0.422. The van der Waals surface area contributed by atoms with E-state index in [4.69, 9.17) is 4.74 Å². The minimum Gasteiger partial charge on any atom is -0.465 e. The Kier molecular flexibility index (Phi) is 5.80. The summed E-state index contributed by atoms with van der Waals surface area (Å²) in [6.45, 7) is 5.87. The fraction of sp³-hybridized carbons (Fsp3) is 0.273. The van der Waals surface area contributed by atoms with Crippen LogP contribution in [0.1, 0.15) is 31.9 Å². The molecular formula is C22H22FNO2S. The molecule has 0 unspecified atom stereocenters. The zero-order chi connectivity index (χ0) is 19.4. The zero-order valence-electron chi connectivity index (χ0n) is 15.7. The molecule has 140 valence electrons. The number of hydrogen-bond donors (Lipinski definition) is 0. The molecule has 1 aromatic heterocycles. The molecule has 2 aromatic carbocycles. The second-order valence-electron chi connectivity index (χ2n) is 6.75. The van der Waals surface area contributed by atoms with Crippen molar-refractivity contribution in [2.24, 2.45) is 0 Å². The fourth-order valence-electron chi connectivity index (χ4n) is 2.95. The molecule has 0 aliphatic carbocycles. The van der Waals surface area contributed by atoms with Crippen LogP contribution in [0, 0.1) is 5.82 Å². The molecule has 0 amide bonds. The number of carbonyl (C=O) groups excluding carboxylic acids is 1. The van der Waals surface area contributed by atoms with Crippen molar-refractivity contribution in [1.82, 2.24) is 4.98 Å². The van der Waals surface area contributed by atoms with Crippen LogP contribution in [0.15, 0.2) is 59.8 Å². The normalized spacial score (nSPS) is 11.6. The predicted molar refractivity (Wildman–Crippen MR) is 108 cm³/mol. The lowest BCUT2D eigenvalue weighted by Gasteiger charge is -2.23. The van der Waals surface area contributed by atoms with Crippen molar-refractivity contribution in [1.29, 1.82) is 0 Å². The first-order valence-corrected chi connectivity index (χ1v) is 9.69. The van der Waals surface area contributed by atoms with Gasteiger partial charge in [-0.25, -0.2) is 4.39 Å². The smallest absolute Gasteiger partial charge is 0.321 e. The Morgan fingerprint density at radius 3 is 2.59 bits per heavy atom. The van der Waals surface area contributed by atoms with Gasteiger partial charge >= 0.3 is 5.97 Å². The van der Waals surface area contributed by atoms with Gasteiger partial charge in [0.15, 0.2) is 0 Å². The number of carbonyl (C=O) groups is 1. The van der Waals surface area contributed by atoms with E-state index in [2.05, 4.69) is 4.98 Å². The number of ether oxygens (including phenoxy) is 1. The number of thioether (sulfide) groups is 1. The number of aromatic nitrogens is 1. The van der Waals surface area contributed by atoms with Gasteiger partial charge in [-0.3, -0.25) is 9.78 Å². The van der Waals surface area contributed by atoms with Crippen LogP contribution in [0.3, 0.4) is 0 Å². The van der Waals surface area contributed by atoms with E-state index in [1.54, 1.807) is 19.2 Å². The van der Waals surface area contributed by atoms with Gasteiger partial charge in [-0.2, -0.15) is 0 Å². The molecule has 0 aliphatic rings. The molecule has 3 aromatic rings. The summed E-state index contributed by atoms with van der Waals surface area (Å²) in [7, 11) is 0. The van der Waals surface area contributed by atoms with E-state index in [1.165, 1.54) is 17.8 Å². The van der Waals surface area contributed by atoms with E-state index in [0.717, 1.165) is 21.4 Å². The summed E-state index contributed by atoms with van der Waals surface area (Å²) in [4.78, 5) is 17.5. The molecule has 0 spiro atoms. The van der Waals surface area contributed by atoms with Gasteiger partial charge in [0.2, 0.25) is 0 Å². The molecule has 5 heteroatoms. The summed E-state index contributed by atoms with van der Waals surface area (Å²) in [6, 6.07) is 12.7. The van der Waals surface area contributed by atoms with Crippen molar-refractivity contribution in [3.8, 4) is 0 Å². The molecule has 0 radical (unpaired) electrons. The van der Waals surface area contributed by atoms with Crippen LogP contribution < -0.4 is 0 Å². The highest BCUT2D eigenvalue weighted by molar-refractivity contribution is 8.01. The summed E-state index contributed by atoms with van der Waals surface area (Å²) in [5.74, 6) is -0.469. The maximum Gasteiger partial charge on any atom is 0.321 e. The lowest BCUT2D eigenvalue weighted by atomic mass is 9.99. The first kappa shape index (κ1) is 19.4. The highest BCUT2D eigenvalue weighted by Crippen LogP contribution is 2.36. The highest BCUT2D eigenvalue weighted by Gasteiger charge is 2.31. The number of hydrogen-bond acceptors (Lipinski definition) is 4. The number of benzene rings is 2. The molecule has 1 heterocycles. The molecule has 0 aliphatic heterocycles. The molecule has 3 rings (SSSR count). The summed E-state index contributed by atoms with van der Waals surface area (Å²) in [5.41, 5.74) is 2.02. The second kappa shape index (κ2) is 8.09. The van der Waals surface area contributed by atoms with Crippen LogP contribution >= 0.6 is 11.8 Å². The summed E-state index contributed by atoms with van der Waals surface area (Å²) in [6.07, 6.45) is 4.13. The Bertz CT molecular complexity index is 971. The third-order valence-electron chi connectivity index (χ3n) is 4.33. The second-order valence-corrected chi connectivity index (χ2v) is 8.41. The van der Waals surface area contributed by atoms with Gasteiger partial charge in [0.25, 0.3) is 0 Å². The molecule has 0 N–H and O–H groups in total.